The maximum atomic E-state index is 13.5. The molecule has 1 saturated heterocycles. The number of piperidine rings is 1. The van der Waals surface area contributed by atoms with Crippen LogP contribution in [0.25, 0.3) is 11.4 Å². The quantitative estimate of drug-likeness (QED) is 0.635. The normalized spacial score (nSPS) is 18.2. The number of halogens is 2. The van der Waals surface area contributed by atoms with Crippen LogP contribution < -0.4 is 5.32 Å². The van der Waals surface area contributed by atoms with Crippen molar-refractivity contribution in [3.63, 3.8) is 0 Å². The number of rotatable bonds is 5. The molecule has 2 atom stereocenters. The fourth-order valence-electron chi connectivity index (χ4n) is 3.68. The molecule has 3 aromatic rings. The van der Waals surface area contributed by atoms with Crippen LogP contribution in [0.5, 0.6) is 0 Å². The smallest absolute Gasteiger partial charge is 0.241 e. The van der Waals surface area contributed by atoms with Gasteiger partial charge in [0, 0.05) is 22.8 Å². The van der Waals surface area contributed by atoms with Crippen molar-refractivity contribution in [1.29, 1.82) is 0 Å². The number of nitrogens with one attached hydrogen (secondary N) is 1. The zero-order valence-electron chi connectivity index (χ0n) is 16.5. The Morgan fingerprint density at radius 3 is 2.93 bits per heavy atom. The standard InChI is InChI=1S/C22H22ClFN4O2/c1-14(21(29)25-19-9-3-7-17(23)12-19)28-10-4-6-16(13-28)22-26-20(27-30-22)15-5-2-8-18(24)11-15/h2-3,5,7-9,11-12,14,16H,4,6,10,13H2,1H3,(H,25,29). The second kappa shape index (κ2) is 8.93. The summed E-state index contributed by atoms with van der Waals surface area (Å²) in [5.41, 5.74) is 1.25. The van der Waals surface area contributed by atoms with E-state index in [1.807, 2.05) is 13.0 Å². The molecule has 1 aliphatic rings. The first-order valence-electron chi connectivity index (χ1n) is 9.89. The van der Waals surface area contributed by atoms with Crippen molar-refractivity contribution in [2.45, 2.75) is 31.7 Å². The van der Waals surface area contributed by atoms with Gasteiger partial charge < -0.3 is 9.84 Å². The fraction of sp³-hybridized carbons (Fsp3) is 0.318. The summed E-state index contributed by atoms with van der Waals surface area (Å²) >= 11 is 5.99. The third-order valence-electron chi connectivity index (χ3n) is 5.35. The Morgan fingerprint density at radius 2 is 2.13 bits per heavy atom. The van der Waals surface area contributed by atoms with Gasteiger partial charge in [0.05, 0.1) is 12.0 Å². The van der Waals surface area contributed by atoms with Crippen LogP contribution in [-0.2, 0) is 4.79 Å². The minimum Gasteiger partial charge on any atom is -0.339 e. The molecule has 30 heavy (non-hydrogen) atoms. The number of hydrogen-bond acceptors (Lipinski definition) is 5. The molecule has 0 saturated carbocycles. The van der Waals surface area contributed by atoms with Gasteiger partial charge in [-0.25, -0.2) is 4.39 Å². The minimum absolute atomic E-state index is 0.0231. The molecule has 1 N–H and O–H groups in total. The first kappa shape index (κ1) is 20.5. The van der Waals surface area contributed by atoms with Crippen LogP contribution in [0.15, 0.2) is 53.1 Å². The van der Waals surface area contributed by atoms with Crippen LogP contribution in [-0.4, -0.2) is 40.1 Å². The van der Waals surface area contributed by atoms with Crippen LogP contribution >= 0.6 is 11.6 Å². The Morgan fingerprint density at radius 1 is 1.30 bits per heavy atom. The Hall–Kier alpha value is -2.77. The van der Waals surface area contributed by atoms with E-state index in [1.165, 1.54) is 12.1 Å². The highest BCUT2D eigenvalue weighted by atomic mass is 35.5. The Kier molecular flexibility index (Phi) is 6.11. The molecule has 0 aliphatic carbocycles. The number of carbonyl (C=O) groups is 1. The van der Waals surface area contributed by atoms with Crippen molar-refractivity contribution in [1.82, 2.24) is 15.0 Å². The monoisotopic (exact) mass is 428 g/mol. The summed E-state index contributed by atoms with van der Waals surface area (Å²) < 4.78 is 18.9. The van der Waals surface area contributed by atoms with Crippen LogP contribution in [0.1, 0.15) is 31.6 Å². The van der Waals surface area contributed by atoms with E-state index in [1.54, 1.807) is 30.3 Å². The maximum absolute atomic E-state index is 13.5. The van der Waals surface area contributed by atoms with Gasteiger partial charge in [-0.1, -0.05) is 35.0 Å². The molecule has 1 amide bonds. The number of anilines is 1. The van der Waals surface area contributed by atoms with Gasteiger partial charge >= 0.3 is 0 Å². The number of carbonyl (C=O) groups excluding carboxylic acids is 1. The lowest BCUT2D eigenvalue weighted by Gasteiger charge is -2.34. The summed E-state index contributed by atoms with van der Waals surface area (Å²) in [4.78, 5) is 19.3. The third-order valence-corrected chi connectivity index (χ3v) is 5.58. The van der Waals surface area contributed by atoms with Gasteiger partial charge in [-0.3, -0.25) is 9.69 Å². The Balaban J connectivity index is 1.42. The highest BCUT2D eigenvalue weighted by Gasteiger charge is 2.31. The number of amides is 1. The number of likely N-dealkylation sites (tertiary alicyclic amines) is 1. The van der Waals surface area contributed by atoms with Crippen LogP contribution in [0.3, 0.4) is 0 Å². The first-order valence-corrected chi connectivity index (χ1v) is 10.3. The van der Waals surface area contributed by atoms with Crippen LogP contribution in [0.4, 0.5) is 10.1 Å². The van der Waals surface area contributed by atoms with Crippen LogP contribution in [0, 0.1) is 5.82 Å². The van der Waals surface area contributed by atoms with E-state index in [9.17, 15) is 9.18 Å². The van der Waals surface area contributed by atoms with Gasteiger partial charge in [-0.05, 0) is 56.6 Å². The number of nitrogens with zero attached hydrogens (tertiary/aromatic N) is 3. The summed E-state index contributed by atoms with van der Waals surface area (Å²) in [6, 6.07) is 12.9. The van der Waals surface area contributed by atoms with Crippen molar-refractivity contribution in [3.8, 4) is 11.4 Å². The zero-order chi connectivity index (χ0) is 21.1. The first-order chi connectivity index (χ1) is 14.5. The molecular formula is C22H22ClFN4O2. The highest BCUT2D eigenvalue weighted by molar-refractivity contribution is 6.30. The molecule has 1 aliphatic heterocycles. The molecule has 0 spiro atoms. The molecule has 156 valence electrons. The summed E-state index contributed by atoms with van der Waals surface area (Å²) in [5, 5.41) is 7.50. The maximum Gasteiger partial charge on any atom is 0.241 e. The SMILES string of the molecule is CC(C(=O)Nc1cccc(Cl)c1)N1CCCC(c2nc(-c3cccc(F)c3)no2)C1. The lowest BCUT2D eigenvalue weighted by molar-refractivity contribution is -0.121. The van der Waals surface area contributed by atoms with Crippen LogP contribution in [0.2, 0.25) is 5.02 Å². The number of aromatic nitrogens is 2. The fourth-order valence-corrected chi connectivity index (χ4v) is 3.87. The van der Waals surface area contributed by atoms with Crippen molar-refractivity contribution >= 4 is 23.2 Å². The molecule has 2 heterocycles. The third kappa shape index (κ3) is 4.68. The van der Waals surface area contributed by atoms with E-state index in [-0.39, 0.29) is 23.7 Å². The molecule has 0 bridgehead atoms. The molecular weight excluding hydrogens is 407 g/mol. The van der Waals surface area contributed by atoms with E-state index in [0.717, 1.165) is 19.4 Å². The highest BCUT2D eigenvalue weighted by Crippen LogP contribution is 2.29. The van der Waals surface area contributed by atoms with Crippen molar-refractivity contribution < 1.29 is 13.7 Å². The second-order valence-corrected chi connectivity index (χ2v) is 7.91. The van der Waals surface area contributed by atoms with Gasteiger partial charge in [-0.2, -0.15) is 4.98 Å². The predicted molar refractivity (Wildman–Crippen MR) is 113 cm³/mol. The lowest BCUT2D eigenvalue weighted by Crippen LogP contribution is -2.46. The van der Waals surface area contributed by atoms with Gasteiger partial charge in [0.25, 0.3) is 0 Å². The molecule has 1 aromatic heterocycles. The predicted octanol–water partition coefficient (Wildman–Crippen LogP) is 4.74. The molecule has 2 unspecified atom stereocenters. The summed E-state index contributed by atoms with van der Waals surface area (Å²) in [6.45, 7) is 3.33. The Bertz CT molecular complexity index is 1040. The van der Waals surface area contributed by atoms with E-state index in [2.05, 4.69) is 20.4 Å². The summed E-state index contributed by atoms with van der Waals surface area (Å²) in [5.74, 6) is 0.468. The van der Waals surface area contributed by atoms with Crippen molar-refractivity contribution in [3.05, 3.63) is 65.3 Å². The van der Waals surface area contributed by atoms with Crippen molar-refractivity contribution in [2.75, 3.05) is 18.4 Å². The molecule has 6 nitrogen and oxygen atoms in total. The average molecular weight is 429 g/mol. The topological polar surface area (TPSA) is 71.3 Å². The van der Waals surface area contributed by atoms with Gasteiger partial charge in [0.1, 0.15) is 5.82 Å². The summed E-state index contributed by atoms with van der Waals surface area (Å²) in [7, 11) is 0. The van der Waals surface area contributed by atoms with E-state index >= 15 is 0 Å². The van der Waals surface area contributed by atoms with Gasteiger partial charge in [0.2, 0.25) is 17.6 Å². The van der Waals surface area contributed by atoms with Gasteiger partial charge in [0.15, 0.2) is 0 Å². The second-order valence-electron chi connectivity index (χ2n) is 7.48. The van der Waals surface area contributed by atoms with Gasteiger partial charge in [-0.15, -0.1) is 0 Å². The zero-order valence-corrected chi connectivity index (χ0v) is 17.3. The molecule has 4 rings (SSSR count). The largest absolute Gasteiger partial charge is 0.339 e. The van der Waals surface area contributed by atoms with E-state index in [0.29, 0.717) is 34.5 Å². The lowest BCUT2D eigenvalue weighted by atomic mass is 9.96. The number of hydrogen-bond donors (Lipinski definition) is 1. The van der Waals surface area contributed by atoms with E-state index in [4.69, 9.17) is 16.1 Å². The molecule has 8 heteroatoms. The minimum atomic E-state index is -0.345. The molecule has 1 fully saturated rings. The Labute approximate surface area is 179 Å². The summed E-state index contributed by atoms with van der Waals surface area (Å²) in [6.07, 6.45) is 1.81. The average Bonchev–Trinajstić information content (AvgIpc) is 3.24. The number of benzene rings is 2. The van der Waals surface area contributed by atoms with E-state index < -0.39 is 0 Å². The van der Waals surface area contributed by atoms with Crippen molar-refractivity contribution in [2.24, 2.45) is 0 Å². The molecule has 2 aromatic carbocycles. The molecule has 0 radical (unpaired) electrons.